The lowest BCUT2D eigenvalue weighted by atomic mass is 9.99. The van der Waals surface area contributed by atoms with Gasteiger partial charge in [0.2, 0.25) is 0 Å². The van der Waals surface area contributed by atoms with Crippen molar-refractivity contribution in [3.05, 3.63) is 16.1 Å². The van der Waals surface area contributed by atoms with E-state index in [4.69, 9.17) is 9.47 Å². The fourth-order valence-corrected chi connectivity index (χ4v) is 2.55. The Morgan fingerprint density at radius 1 is 1.71 bits per heavy atom. The van der Waals surface area contributed by atoms with Crippen molar-refractivity contribution < 1.29 is 14.3 Å². The van der Waals surface area contributed by atoms with Gasteiger partial charge in [-0.3, -0.25) is 0 Å². The first-order valence-electron chi connectivity index (χ1n) is 5.88. The van der Waals surface area contributed by atoms with Crippen LogP contribution >= 0.6 is 11.3 Å². The maximum atomic E-state index is 11.9. The molecule has 17 heavy (non-hydrogen) atoms. The van der Waals surface area contributed by atoms with E-state index >= 15 is 0 Å². The topological polar surface area (TPSA) is 48.4 Å². The third-order valence-electron chi connectivity index (χ3n) is 2.80. The highest BCUT2D eigenvalue weighted by molar-refractivity contribution is 7.09. The summed E-state index contributed by atoms with van der Waals surface area (Å²) in [7, 11) is 0. The van der Waals surface area contributed by atoms with Crippen LogP contribution in [-0.2, 0) is 15.9 Å². The zero-order chi connectivity index (χ0) is 12.3. The van der Waals surface area contributed by atoms with E-state index in [0.717, 1.165) is 30.9 Å². The molecule has 0 spiro atoms. The summed E-state index contributed by atoms with van der Waals surface area (Å²) in [4.78, 5) is 16.1. The molecule has 1 aliphatic rings. The fourth-order valence-electron chi connectivity index (χ4n) is 1.83. The maximum absolute atomic E-state index is 11.9. The molecule has 0 radical (unpaired) electrons. The molecule has 0 N–H and O–H groups in total. The lowest BCUT2D eigenvalue weighted by molar-refractivity contribution is -0.0874. The minimum Gasteiger partial charge on any atom is -0.452 e. The molecule has 1 fully saturated rings. The van der Waals surface area contributed by atoms with Gasteiger partial charge in [0.05, 0.1) is 11.6 Å². The highest BCUT2D eigenvalue weighted by atomic mass is 32.1. The summed E-state index contributed by atoms with van der Waals surface area (Å²) in [6.45, 7) is 5.16. The number of hydrogen-bond donors (Lipinski definition) is 0. The molecule has 2 rings (SSSR count). The van der Waals surface area contributed by atoms with Crippen molar-refractivity contribution in [3.8, 4) is 0 Å². The molecule has 4 nitrogen and oxygen atoms in total. The van der Waals surface area contributed by atoms with Crippen LogP contribution in [0.1, 0.15) is 42.2 Å². The summed E-state index contributed by atoms with van der Waals surface area (Å²) in [6, 6.07) is 0. The van der Waals surface area contributed by atoms with Crippen molar-refractivity contribution in [1.29, 1.82) is 0 Å². The normalized spacial score (nSPS) is 24.6. The van der Waals surface area contributed by atoms with Crippen molar-refractivity contribution in [2.45, 2.75) is 38.7 Å². The van der Waals surface area contributed by atoms with Gasteiger partial charge in [-0.1, -0.05) is 6.92 Å². The average molecular weight is 255 g/mol. The average Bonchev–Trinajstić information content (AvgIpc) is 2.78. The van der Waals surface area contributed by atoms with Crippen LogP contribution in [-0.4, -0.2) is 29.8 Å². The summed E-state index contributed by atoms with van der Waals surface area (Å²) < 4.78 is 10.9. The minimum atomic E-state index is -0.495. The molecule has 0 saturated carbocycles. The number of hydrogen-bond acceptors (Lipinski definition) is 5. The Hall–Kier alpha value is -0.940. The van der Waals surface area contributed by atoms with Gasteiger partial charge in [-0.15, -0.1) is 11.3 Å². The summed E-state index contributed by atoms with van der Waals surface area (Å²) in [5, 5.41) is 2.72. The zero-order valence-electron chi connectivity index (χ0n) is 10.2. The van der Waals surface area contributed by atoms with E-state index in [9.17, 15) is 4.79 Å². The third-order valence-corrected chi connectivity index (χ3v) is 3.80. The van der Waals surface area contributed by atoms with Gasteiger partial charge in [0.15, 0.2) is 5.69 Å². The van der Waals surface area contributed by atoms with Crippen LogP contribution in [0.4, 0.5) is 0 Å². The maximum Gasteiger partial charge on any atom is 0.358 e. The number of aryl methyl sites for hydroxylation is 1. The van der Waals surface area contributed by atoms with Gasteiger partial charge >= 0.3 is 5.97 Å². The number of carbonyl (C=O) groups is 1. The van der Waals surface area contributed by atoms with E-state index < -0.39 is 5.60 Å². The Balaban J connectivity index is 2.00. The van der Waals surface area contributed by atoms with Crippen molar-refractivity contribution in [1.82, 2.24) is 4.98 Å². The molecule has 0 aliphatic carbocycles. The van der Waals surface area contributed by atoms with Crippen LogP contribution in [0.2, 0.25) is 0 Å². The molecule has 0 amide bonds. The largest absolute Gasteiger partial charge is 0.452 e. The van der Waals surface area contributed by atoms with Crippen molar-refractivity contribution in [2.75, 3.05) is 13.2 Å². The number of ether oxygens (including phenoxy) is 2. The molecular formula is C12H17NO3S. The van der Waals surface area contributed by atoms with Gasteiger partial charge < -0.3 is 9.47 Å². The first-order valence-corrected chi connectivity index (χ1v) is 6.76. The molecule has 5 heteroatoms. The summed E-state index contributed by atoms with van der Waals surface area (Å²) in [5.41, 5.74) is -0.0793. The smallest absolute Gasteiger partial charge is 0.358 e. The third kappa shape index (κ3) is 3.04. The molecule has 2 heterocycles. The van der Waals surface area contributed by atoms with Gasteiger partial charge in [-0.05, 0) is 26.2 Å². The molecule has 1 aromatic rings. The van der Waals surface area contributed by atoms with Crippen LogP contribution in [0.3, 0.4) is 0 Å². The number of esters is 1. The SMILES string of the molecule is CCc1nc(C(=O)OC2(C)CCCOC2)cs1. The molecule has 1 unspecified atom stereocenters. The number of carbonyl (C=O) groups excluding carboxylic acids is 1. The van der Waals surface area contributed by atoms with E-state index in [1.54, 1.807) is 5.38 Å². The number of rotatable bonds is 3. The highest BCUT2D eigenvalue weighted by Gasteiger charge is 2.32. The van der Waals surface area contributed by atoms with Crippen LogP contribution in [0.25, 0.3) is 0 Å². The van der Waals surface area contributed by atoms with Crippen molar-refractivity contribution in [2.24, 2.45) is 0 Å². The second-order valence-corrected chi connectivity index (χ2v) is 5.42. The van der Waals surface area contributed by atoms with Crippen molar-refractivity contribution >= 4 is 17.3 Å². The van der Waals surface area contributed by atoms with Gasteiger partial charge in [0.1, 0.15) is 5.60 Å². The van der Waals surface area contributed by atoms with Crippen LogP contribution in [0.5, 0.6) is 0 Å². The second-order valence-electron chi connectivity index (χ2n) is 4.48. The van der Waals surface area contributed by atoms with E-state index in [0.29, 0.717) is 12.3 Å². The Labute approximate surface area is 105 Å². The lowest BCUT2D eigenvalue weighted by Gasteiger charge is -2.32. The molecule has 0 aromatic carbocycles. The van der Waals surface area contributed by atoms with Gasteiger partial charge in [0.25, 0.3) is 0 Å². The first-order chi connectivity index (χ1) is 8.13. The van der Waals surface area contributed by atoms with E-state index in [2.05, 4.69) is 4.98 Å². The summed E-state index contributed by atoms with van der Waals surface area (Å²) >= 11 is 1.50. The highest BCUT2D eigenvalue weighted by Crippen LogP contribution is 2.24. The summed E-state index contributed by atoms with van der Waals surface area (Å²) in [6.07, 6.45) is 2.63. The Kier molecular flexibility index (Phi) is 3.79. The molecule has 0 bridgehead atoms. The second kappa shape index (κ2) is 5.14. The van der Waals surface area contributed by atoms with E-state index in [1.807, 2.05) is 13.8 Å². The van der Waals surface area contributed by atoms with Gasteiger partial charge in [0, 0.05) is 12.0 Å². The standard InChI is InChI=1S/C12H17NO3S/c1-3-10-13-9(7-17-10)11(14)16-12(2)5-4-6-15-8-12/h7H,3-6,8H2,1-2H3. The molecule has 94 valence electrons. The minimum absolute atomic E-state index is 0.339. The van der Waals surface area contributed by atoms with Crippen molar-refractivity contribution in [3.63, 3.8) is 0 Å². The van der Waals surface area contributed by atoms with Crippen LogP contribution < -0.4 is 0 Å². The number of nitrogens with zero attached hydrogens (tertiary/aromatic N) is 1. The van der Waals surface area contributed by atoms with E-state index in [-0.39, 0.29) is 5.97 Å². The molecule has 1 atom stereocenters. The number of thiazole rings is 1. The predicted octanol–water partition coefficient (Wildman–Crippen LogP) is 2.43. The fraction of sp³-hybridized carbons (Fsp3) is 0.667. The number of aromatic nitrogens is 1. The Morgan fingerprint density at radius 2 is 2.53 bits per heavy atom. The molecule has 1 aromatic heterocycles. The summed E-state index contributed by atoms with van der Waals surface area (Å²) in [5.74, 6) is -0.339. The lowest BCUT2D eigenvalue weighted by Crippen LogP contribution is -2.40. The van der Waals surface area contributed by atoms with Crippen LogP contribution in [0, 0.1) is 0 Å². The van der Waals surface area contributed by atoms with E-state index in [1.165, 1.54) is 11.3 Å². The van der Waals surface area contributed by atoms with Crippen LogP contribution in [0.15, 0.2) is 5.38 Å². The molecular weight excluding hydrogens is 238 g/mol. The Morgan fingerprint density at radius 3 is 3.12 bits per heavy atom. The molecule has 1 aliphatic heterocycles. The molecule has 1 saturated heterocycles. The zero-order valence-corrected chi connectivity index (χ0v) is 11.0. The first kappa shape index (κ1) is 12.5. The monoisotopic (exact) mass is 255 g/mol. The quantitative estimate of drug-likeness (QED) is 0.778. The Bertz CT molecular complexity index is 396. The van der Waals surface area contributed by atoms with Gasteiger partial charge in [-0.25, -0.2) is 9.78 Å². The predicted molar refractivity (Wildman–Crippen MR) is 65.4 cm³/mol. The van der Waals surface area contributed by atoms with Gasteiger partial charge in [-0.2, -0.15) is 0 Å².